The predicted molar refractivity (Wildman–Crippen MR) is 41.5 cm³/mol. The molecule has 0 aliphatic carbocycles. The van der Waals surface area contributed by atoms with Gasteiger partial charge in [-0.1, -0.05) is 20.3 Å². The van der Waals surface area contributed by atoms with Gasteiger partial charge in [-0.3, -0.25) is 0 Å². The quantitative estimate of drug-likeness (QED) is 0.622. The first kappa shape index (κ1) is 9.92. The molecule has 0 heterocycles. The fraction of sp³-hybridized carbons (Fsp3) is 0.875. The van der Waals surface area contributed by atoms with Crippen molar-refractivity contribution in [3.63, 3.8) is 0 Å². The van der Waals surface area contributed by atoms with E-state index in [9.17, 15) is 5.11 Å². The van der Waals surface area contributed by atoms with Crippen LogP contribution in [-0.2, 0) is 0 Å². The fourth-order valence-electron chi connectivity index (χ4n) is 0.987. The van der Waals surface area contributed by atoms with Gasteiger partial charge in [-0.05, 0) is 19.8 Å². The molecule has 0 amide bonds. The van der Waals surface area contributed by atoms with Crippen molar-refractivity contribution >= 4 is 0 Å². The van der Waals surface area contributed by atoms with Gasteiger partial charge in [0.15, 0.2) is 0 Å². The van der Waals surface area contributed by atoms with Gasteiger partial charge >= 0.3 is 0 Å². The molecule has 10 heavy (non-hydrogen) atoms. The van der Waals surface area contributed by atoms with Crippen molar-refractivity contribution in [3.8, 4) is 0 Å². The highest BCUT2D eigenvalue weighted by Gasteiger charge is 2.28. The van der Waals surface area contributed by atoms with Gasteiger partial charge in [0.25, 0.3) is 0 Å². The number of aliphatic hydroxyl groups is 2. The average Bonchev–Trinajstić information content (AvgIpc) is 1.88. The molecular weight excluding hydrogens is 128 g/mol. The Hall–Kier alpha value is -0.0800. The van der Waals surface area contributed by atoms with Gasteiger partial charge in [0, 0.05) is 0 Å². The molecule has 0 saturated carbocycles. The first-order valence-corrected chi connectivity index (χ1v) is 3.76. The van der Waals surface area contributed by atoms with E-state index >= 15 is 0 Å². The Kier molecular flexibility index (Phi) is 3.91. The molecule has 0 aliphatic rings. The van der Waals surface area contributed by atoms with Crippen molar-refractivity contribution in [3.05, 3.63) is 6.92 Å². The highest BCUT2D eigenvalue weighted by atomic mass is 16.3. The minimum Gasteiger partial charge on any atom is -0.390 e. The summed E-state index contributed by atoms with van der Waals surface area (Å²) in [7, 11) is 0. The van der Waals surface area contributed by atoms with Crippen molar-refractivity contribution in [2.24, 2.45) is 0 Å². The monoisotopic (exact) mass is 145 g/mol. The first-order valence-electron chi connectivity index (χ1n) is 3.76. The van der Waals surface area contributed by atoms with Gasteiger partial charge in [0.1, 0.15) is 0 Å². The molecule has 0 spiro atoms. The van der Waals surface area contributed by atoms with E-state index in [1.165, 1.54) is 0 Å². The molecule has 0 bridgehead atoms. The van der Waals surface area contributed by atoms with Crippen LogP contribution in [0.3, 0.4) is 0 Å². The van der Waals surface area contributed by atoms with Crippen molar-refractivity contribution < 1.29 is 10.2 Å². The Bertz CT molecular complexity index is 91.3. The third-order valence-electron chi connectivity index (χ3n) is 2.00. The third-order valence-corrected chi connectivity index (χ3v) is 2.00. The minimum atomic E-state index is -0.915. The van der Waals surface area contributed by atoms with Gasteiger partial charge in [-0.15, -0.1) is 0 Å². The molecule has 2 nitrogen and oxygen atoms in total. The van der Waals surface area contributed by atoms with Crippen molar-refractivity contribution in [2.45, 2.75) is 44.8 Å². The predicted octanol–water partition coefficient (Wildman–Crippen LogP) is 1.12. The van der Waals surface area contributed by atoms with Crippen LogP contribution in [-0.4, -0.2) is 21.9 Å². The minimum absolute atomic E-state index is 0.571. The Morgan fingerprint density at radius 3 is 2.20 bits per heavy atom. The van der Waals surface area contributed by atoms with E-state index in [0.29, 0.717) is 19.3 Å². The molecule has 0 fully saturated rings. The first-order chi connectivity index (χ1) is 4.56. The Balaban J connectivity index is 3.94. The van der Waals surface area contributed by atoms with E-state index in [0.717, 1.165) is 0 Å². The number of aliphatic hydroxyl groups excluding tert-OH is 1. The van der Waals surface area contributed by atoms with E-state index < -0.39 is 11.7 Å². The Morgan fingerprint density at radius 1 is 1.60 bits per heavy atom. The largest absolute Gasteiger partial charge is 0.390 e. The van der Waals surface area contributed by atoms with E-state index in [4.69, 9.17) is 5.11 Å². The molecular formula is C8H17O2. The summed E-state index contributed by atoms with van der Waals surface area (Å²) in [4.78, 5) is 0. The number of rotatable bonds is 4. The normalized spacial score (nSPS) is 20.1. The van der Waals surface area contributed by atoms with E-state index in [1.807, 2.05) is 6.92 Å². The molecule has 0 saturated heterocycles. The molecule has 2 N–H and O–H groups in total. The Labute approximate surface area is 62.9 Å². The second kappa shape index (κ2) is 3.94. The number of hydrogen-bond donors (Lipinski definition) is 2. The molecule has 0 aromatic heterocycles. The SMILES string of the molecule is [CH2]CCC(O)(CC)C(C)O. The molecule has 1 radical (unpaired) electrons. The maximum Gasteiger partial charge on any atom is 0.0900 e. The van der Waals surface area contributed by atoms with Crippen LogP contribution in [0.5, 0.6) is 0 Å². The molecule has 2 atom stereocenters. The van der Waals surface area contributed by atoms with Crippen molar-refractivity contribution in [1.82, 2.24) is 0 Å². The van der Waals surface area contributed by atoms with Crippen LogP contribution in [0, 0.1) is 6.92 Å². The summed E-state index contributed by atoms with van der Waals surface area (Å²) in [6.07, 6.45) is 1.16. The van der Waals surface area contributed by atoms with E-state index in [-0.39, 0.29) is 0 Å². The molecule has 0 aromatic carbocycles. The lowest BCUT2D eigenvalue weighted by Gasteiger charge is -2.29. The van der Waals surface area contributed by atoms with Gasteiger partial charge in [0.05, 0.1) is 11.7 Å². The molecule has 0 aromatic rings. The van der Waals surface area contributed by atoms with Gasteiger partial charge in [0.2, 0.25) is 0 Å². The smallest absolute Gasteiger partial charge is 0.0900 e. The van der Waals surface area contributed by atoms with Crippen LogP contribution in [0.4, 0.5) is 0 Å². The third kappa shape index (κ3) is 2.27. The van der Waals surface area contributed by atoms with E-state index in [2.05, 4.69) is 6.92 Å². The lowest BCUT2D eigenvalue weighted by molar-refractivity contribution is -0.0733. The summed E-state index contributed by atoms with van der Waals surface area (Å²) >= 11 is 0. The summed E-state index contributed by atoms with van der Waals surface area (Å²) in [5.41, 5.74) is -0.915. The summed E-state index contributed by atoms with van der Waals surface area (Å²) in [5.74, 6) is 0. The van der Waals surface area contributed by atoms with Gasteiger partial charge < -0.3 is 10.2 Å². The maximum absolute atomic E-state index is 9.61. The topological polar surface area (TPSA) is 40.5 Å². The Morgan fingerprint density at radius 2 is 2.10 bits per heavy atom. The highest BCUT2D eigenvalue weighted by Crippen LogP contribution is 2.20. The lowest BCUT2D eigenvalue weighted by Crippen LogP contribution is -2.39. The summed E-state index contributed by atoms with van der Waals surface area (Å²) in [5, 5.41) is 18.7. The fourth-order valence-corrected chi connectivity index (χ4v) is 0.987. The molecule has 2 heteroatoms. The standard InChI is InChI=1S/C8H17O2/c1-4-6-8(10,5-2)7(3)9/h7,9-10H,1,4-6H2,2-3H3. The van der Waals surface area contributed by atoms with Gasteiger partial charge in [-0.2, -0.15) is 0 Å². The summed E-state index contributed by atoms with van der Waals surface area (Å²) in [6, 6.07) is 0. The van der Waals surface area contributed by atoms with Crippen LogP contribution >= 0.6 is 0 Å². The van der Waals surface area contributed by atoms with Crippen LogP contribution in [0.2, 0.25) is 0 Å². The zero-order valence-electron chi connectivity index (χ0n) is 6.80. The van der Waals surface area contributed by atoms with Crippen molar-refractivity contribution in [2.75, 3.05) is 0 Å². The lowest BCUT2D eigenvalue weighted by atomic mass is 9.90. The highest BCUT2D eigenvalue weighted by molar-refractivity contribution is 4.82. The van der Waals surface area contributed by atoms with E-state index in [1.54, 1.807) is 6.92 Å². The molecule has 0 rings (SSSR count). The molecule has 61 valence electrons. The molecule has 0 aliphatic heterocycles. The van der Waals surface area contributed by atoms with Crippen LogP contribution in [0.15, 0.2) is 0 Å². The van der Waals surface area contributed by atoms with Crippen LogP contribution in [0.25, 0.3) is 0 Å². The number of hydrogen-bond acceptors (Lipinski definition) is 2. The van der Waals surface area contributed by atoms with Crippen molar-refractivity contribution in [1.29, 1.82) is 0 Å². The summed E-state index contributed by atoms with van der Waals surface area (Å²) < 4.78 is 0. The van der Waals surface area contributed by atoms with Crippen LogP contribution < -0.4 is 0 Å². The zero-order valence-corrected chi connectivity index (χ0v) is 6.80. The van der Waals surface area contributed by atoms with Gasteiger partial charge in [-0.25, -0.2) is 0 Å². The summed E-state index contributed by atoms with van der Waals surface area (Å²) in [6.45, 7) is 7.10. The second-order valence-electron chi connectivity index (χ2n) is 2.74. The van der Waals surface area contributed by atoms with Crippen LogP contribution in [0.1, 0.15) is 33.1 Å². The maximum atomic E-state index is 9.61. The zero-order chi connectivity index (χ0) is 8.20. The molecule has 2 unspecified atom stereocenters. The second-order valence-corrected chi connectivity index (χ2v) is 2.74. The average molecular weight is 145 g/mol.